The molecule has 0 amide bonds. The highest BCUT2D eigenvalue weighted by Gasteiger charge is 2.36. The Bertz CT molecular complexity index is 852. The van der Waals surface area contributed by atoms with E-state index in [4.69, 9.17) is 5.11 Å². The van der Waals surface area contributed by atoms with Gasteiger partial charge in [-0.1, -0.05) is 53.7 Å². The predicted molar refractivity (Wildman–Crippen MR) is 105 cm³/mol. The Hall–Kier alpha value is -2.69. The molecular formula is C22H28O5. The van der Waals surface area contributed by atoms with Crippen LogP contribution in [0.25, 0.3) is 0 Å². The van der Waals surface area contributed by atoms with Gasteiger partial charge in [0.1, 0.15) is 17.2 Å². The standard InChI is InChI=1S/C22H28O5/c1-21(2,3)17(12-7-9-13(10-8-12)20(26)27)16-14(23)11-15(24)18(19(16)25)22(4,5)6/h7-11,17,23-25H,1-6H3,(H,26,27). The topological polar surface area (TPSA) is 98.0 Å². The van der Waals surface area contributed by atoms with E-state index in [9.17, 15) is 20.1 Å². The molecule has 27 heavy (non-hydrogen) atoms. The summed E-state index contributed by atoms with van der Waals surface area (Å²) in [7, 11) is 0. The lowest BCUT2D eigenvalue weighted by atomic mass is 9.70. The fourth-order valence-electron chi connectivity index (χ4n) is 3.60. The maximum absolute atomic E-state index is 11.1. The second-order valence-corrected chi connectivity index (χ2v) is 9.03. The molecule has 0 aliphatic rings. The Morgan fingerprint density at radius 2 is 1.41 bits per heavy atom. The molecule has 0 saturated carbocycles. The van der Waals surface area contributed by atoms with Gasteiger partial charge < -0.3 is 20.4 Å². The third-order valence-corrected chi connectivity index (χ3v) is 4.69. The fraction of sp³-hybridized carbons (Fsp3) is 0.409. The Morgan fingerprint density at radius 3 is 1.81 bits per heavy atom. The lowest BCUT2D eigenvalue weighted by molar-refractivity contribution is 0.0697. The van der Waals surface area contributed by atoms with Crippen LogP contribution in [0.5, 0.6) is 17.2 Å². The largest absolute Gasteiger partial charge is 0.507 e. The number of aromatic hydroxyl groups is 3. The van der Waals surface area contributed by atoms with Gasteiger partial charge in [0, 0.05) is 23.1 Å². The Balaban J connectivity index is 2.77. The SMILES string of the molecule is CC(C)(C)c1c(O)cc(O)c(C(c2ccc(C(=O)O)cc2)C(C)(C)C)c1O. The molecule has 0 heterocycles. The van der Waals surface area contributed by atoms with E-state index in [-0.39, 0.29) is 22.8 Å². The Labute approximate surface area is 159 Å². The van der Waals surface area contributed by atoms with Crippen molar-refractivity contribution in [3.8, 4) is 17.2 Å². The molecule has 1 unspecified atom stereocenters. The summed E-state index contributed by atoms with van der Waals surface area (Å²) in [5.41, 5.74) is 0.697. The van der Waals surface area contributed by atoms with Crippen molar-refractivity contribution in [1.82, 2.24) is 0 Å². The van der Waals surface area contributed by atoms with Crippen molar-refractivity contribution in [3.63, 3.8) is 0 Å². The normalized spacial score (nSPS) is 13.4. The van der Waals surface area contributed by atoms with Gasteiger partial charge in [-0.05, 0) is 28.5 Å². The minimum Gasteiger partial charge on any atom is -0.507 e. The van der Waals surface area contributed by atoms with Gasteiger partial charge in [-0.3, -0.25) is 0 Å². The zero-order chi connectivity index (χ0) is 20.7. The van der Waals surface area contributed by atoms with Crippen molar-refractivity contribution >= 4 is 5.97 Å². The first-order valence-corrected chi connectivity index (χ1v) is 8.86. The molecule has 4 N–H and O–H groups in total. The molecule has 146 valence electrons. The number of phenols is 3. The van der Waals surface area contributed by atoms with E-state index in [0.29, 0.717) is 11.1 Å². The summed E-state index contributed by atoms with van der Waals surface area (Å²) in [6.07, 6.45) is 0. The van der Waals surface area contributed by atoms with Crippen LogP contribution in [0.15, 0.2) is 30.3 Å². The van der Waals surface area contributed by atoms with Gasteiger partial charge in [0.05, 0.1) is 5.56 Å². The van der Waals surface area contributed by atoms with E-state index < -0.39 is 22.7 Å². The quantitative estimate of drug-likeness (QED) is 0.609. The molecule has 5 nitrogen and oxygen atoms in total. The number of hydrogen-bond donors (Lipinski definition) is 4. The van der Waals surface area contributed by atoms with E-state index in [2.05, 4.69) is 0 Å². The van der Waals surface area contributed by atoms with Gasteiger partial charge in [-0.2, -0.15) is 0 Å². The molecule has 2 rings (SSSR count). The summed E-state index contributed by atoms with van der Waals surface area (Å²) < 4.78 is 0. The predicted octanol–water partition coefficient (Wildman–Crippen LogP) is 4.98. The molecule has 0 saturated heterocycles. The molecule has 1 atom stereocenters. The fourth-order valence-corrected chi connectivity index (χ4v) is 3.60. The Morgan fingerprint density at radius 1 is 0.889 bits per heavy atom. The zero-order valence-corrected chi connectivity index (χ0v) is 16.7. The monoisotopic (exact) mass is 372 g/mol. The van der Waals surface area contributed by atoms with Crippen molar-refractivity contribution in [2.45, 2.75) is 52.9 Å². The first kappa shape index (κ1) is 20.6. The minimum atomic E-state index is -1.01. The number of carboxylic acid groups (broad SMARTS) is 1. The number of rotatable bonds is 3. The van der Waals surface area contributed by atoms with Gasteiger partial charge in [0.2, 0.25) is 0 Å². The van der Waals surface area contributed by atoms with E-state index in [1.807, 2.05) is 41.5 Å². The van der Waals surface area contributed by atoms with Crippen LogP contribution in [0.1, 0.15) is 74.5 Å². The molecule has 5 heteroatoms. The van der Waals surface area contributed by atoms with E-state index >= 15 is 0 Å². The summed E-state index contributed by atoms with van der Waals surface area (Å²) in [6, 6.07) is 7.68. The van der Waals surface area contributed by atoms with Crippen molar-refractivity contribution in [2.75, 3.05) is 0 Å². The van der Waals surface area contributed by atoms with Crippen LogP contribution in [0, 0.1) is 5.41 Å². The first-order valence-electron chi connectivity index (χ1n) is 8.86. The number of benzene rings is 2. The second-order valence-electron chi connectivity index (χ2n) is 9.03. The molecule has 0 radical (unpaired) electrons. The molecule has 0 aromatic heterocycles. The molecule has 0 fully saturated rings. The van der Waals surface area contributed by atoms with Crippen molar-refractivity contribution in [3.05, 3.63) is 52.6 Å². The van der Waals surface area contributed by atoms with Crippen molar-refractivity contribution in [2.24, 2.45) is 5.41 Å². The lowest BCUT2D eigenvalue weighted by Crippen LogP contribution is -2.21. The van der Waals surface area contributed by atoms with Crippen LogP contribution in [0.2, 0.25) is 0 Å². The number of carbonyl (C=O) groups is 1. The van der Waals surface area contributed by atoms with Crippen LogP contribution in [-0.4, -0.2) is 26.4 Å². The van der Waals surface area contributed by atoms with E-state index in [0.717, 1.165) is 5.56 Å². The highest BCUT2D eigenvalue weighted by Crippen LogP contribution is 2.52. The third-order valence-electron chi connectivity index (χ3n) is 4.69. The summed E-state index contributed by atoms with van der Waals surface area (Å²) in [6.45, 7) is 11.5. The zero-order valence-electron chi connectivity index (χ0n) is 16.7. The minimum absolute atomic E-state index is 0.137. The van der Waals surface area contributed by atoms with Gasteiger partial charge in [0.25, 0.3) is 0 Å². The maximum atomic E-state index is 11.1. The average molecular weight is 372 g/mol. The smallest absolute Gasteiger partial charge is 0.335 e. The molecular weight excluding hydrogens is 344 g/mol. The highest BCUT2D eigenvalue weighted by atomic mass is 16.4. The molecule has 2 aromatic carbocycles. The third kappa shape index (κ3) is 4.02. The number of carboxylic acids is 1. The van der Waals surface area contributed by atoms with Gasteiger partial charge in [-0.15, -0.1) is 0 Å². The Kier molecular flexibility index (Phi) is 5.19. The van der Waals surface area contributed by atoms with Gasteiger partial charge >= 0.3 is 5.97 Å². The second kappa shape index (κ2) is 6.80. The highest BCUT2D eigenvalue weighted by molar-refractivity contribution is 5.87. The van der Waals surface area contributed by atoms with E-state index in [1.54, 1.807) is 12.1 Å². The number of hydrogen-bond acceptors (Lipinski definition) is 4. The molecule has 0 aliphatic heterocycles. The summed E-state index contributed by atoms with van der Waals surface area (Å²) in [5, 5.41) is 41.0. The number of phenolic OH excluding ortho intramolecular Hbond substituents is 3. The lowest BCUT2D eigenvalue weighted by Gasteiger charge is -2.34. The first-order chi connectivity index (χ1) is 12.2. The van der Waals surface area contributed by atoms with Gasteiger partial charge in [-0.25, -0.2) is 4.79 Å². The summed E-state index contributed by atoms with van der Waals surface area (Å²) >= 11 is 0. The van der Waals surface area contributed by atoms with Crippen LogP contribution in [0.3, 0.4) is 0 Å². The summed E-state index contributed by atoms with van der Waals surface area (Å²) in [5.74, 6) is -1.92. The molecule has 0 spiro atoms. The summed E-state index contributed by atoms with van der Waals surface area (Å²) in [4.78, 5) is 11.1. The van der Waals surface area contributed by atoms with E-state index in [1.165, 1.54) is 18.2 Å². The van der Waals surface area contributed by atoms with Gasteiger partial charge in [0.15, 0.2) is 0 Å². The maximum Gasteiger partial charge on any atom is 0.335 e. The van der Waals surface area contributed by atoms with Crippen LogP contribution >= 0.6 is 0 Å². The van der Waals surface area contributed by atoms with Crippen molar-refractivity contribution in [1.29, 1.82) is 0 Å². The van der Waals surface area contributed by atoms with Crippen LogP contribution < -0.4 is 0 Å². The molecule has 0 bridgehead atoms. The molecule has 2 aromatic rings. The van der Waals surface area contributed by atoms with Crippen LogP contribution in [0.4, 0.5) is 0 Å². The van der Waals surface area contributed by atoms with Crippen LogP contribution in [-0.2, 0) is 5.41 Å². The average Bonchev–Trinajstić information content (AvgIpc) is 2.48. The molecule has 0 aliphatic carbocycles. The van der Waals surface area contributed by atoms with Crippen molar-refractivity contribution < 1.29 is 25.2 Å². The number of aromatic carboxylic acids is 1.